The van der Waals surface area contributed by atoms with Crippen LogP contribution in [0.5, 0.6) is 5.75 Å². The van der Waals surface area contributed by atoms with Crippen molar-refractivity contribution in [3.8, 4) is 5.75 Å². The summed E-state index contributed by atoms with van der Waals surface area (Å²) in [5.74, 6) is 0.00610. The number of ether oxygens (including phenoxy) is 1. The molecule has 0 aromatic heterocycles. The molecule has 0 spiro atoms. The molecule has 0 aliphatic carbocycles. The van der Waals surface area contributed by atoms with E-state index >= 15 is 0 Å². The second-order valence-electron chi connectivity index (χ2n) is 3.39. The zero-order valence-corrected chi connectivity index (χ0v) is 8.16. The highest BCUT2D eigenvalue weighted by atomic mass is 19.1. The van der Waals surface area contributed by atoms with E-state index < -0.39 is 11.9 Å². The van der Waals surface area contributed by atoms with Gasteiger partial charge in [0.25, 0.3) is 0 Å². The Kier molecular flexibility index (Phi) is 2.22. The predicted octanol–water partition coefficient (Wildman–Crippen LogP) is 1.83. The van der Waals surface area contributed by atoms with E-state index in [1.807, 2.05) is 0 Å². The maximum absolute atomic E-state index is 13.5. The molecule has 5 heteroatoms. The van der Waals surface area contributed by atoms with Crippen molar-refractivity contribution in [2.75, 3.05) is 7.11 Å². The van der Waals surface area contributed by atoms with Gasteiger partial charge in [-0.25, -0.2) is 9.18 Å². The van der Waals surface area contributed by atoms with Crippen molar-refractivity contribution in [3.63, 3.8) is 0 Å². The summed E-state index contributed by atoms with van der Waals surface area (Å²) in [6.07, 6.45) is -1.04. The van der Waals surface area contributed by atoms with Gasteiger partial charge in [0.2, 0.25) is 0 Å². The molecule has 2 rings (SSSR count). The second-order valence-corrected chi connectivity index (χ2v) is 3.39. The summed E-state index contributed by atoms with van der Waals surface area (Å²) in [5.41, 5.74) is 1.12. The first kappa shape index (κ1) is 9.76. The van der Waals surface area contributed by atoms with Crippen LogP contribution in [0.1, 0.15) is 11.1 Å². The van der Waals surface area contributed by atoms with Crippen molar-refractivity contribution in [3.05, 3.63) is 29.1 Å². The van der Waals surface area contributed by atoms with E-state index in [4.69, 9.17) is 9.84 Å². The molecule has 1 aliphatic rings. The summed E-state index contributed by atoms with van der Waals surface area (Å²) >= 11 is 0. The third-order valence-corrected chi connectivity index (χ3v) is 2.48. The molecule has 4 nitrogen and oxygen atoms in total. The van der Waals surface area contributed by atoms with E-state index in [1.54, 1.807) is 6.07 Å². The number of benzene rings is 1. The monoisotopic (exact) mass is 211 g/mol. The van der Waals surface area contributed by atoms with Gasteiger partial charge >= 0.3 is 6.09 Å². The molecule has 0 atom stereocenters. The van der Waals surface area contributed by atoms with Crippen LogP contribution in [0.2, 0.25) is 0 Å². The van der Waals surface area contributed by atoms with Crippen molar-refractivity contribution in [1.29, 1.82) is 0 Å². The first-order chi connectivity index (χ1) is 7.11. The van der Waals surface area contributed by atoms with Crippen LogP contribution >= 0.6 is 0 Å². The maximum Gasteiger partial charge on any atom is 0.407 e. The molecule has 80 valence electrons. The molecule has 0 unspecified atom stereocenters. The van der Waals surface area contributed by atoms with Crippen LogP contribution in [0.4, 0.5) is 9.18 Å². The molecular weight excluding hydrogens is 201 g/mol. The van der Waals surface area contributed by atoms with Gasteiger partial charge in [-0.15, -0.1) is 0 Å². The lowest BCUT2D eigenvalue weighted by atomic mass is 10.1. The van der Waals surface area contributed by atoms with Gasteiger partial charge in [-0.05, 0) is 11.6 Å². The quantitative estimate of drug-likeness (QED) is 0.770. The Morgan fingerprint density at radius 1 is 1.53 bits per heavy atom. The van der Waals surface area contributed by atoms with Crippen molar-refractivity contribution in [1.82, 2.24) is 4.90 Å². The highest BCUT2D eigenvalue weighted by Gasteiger charge is 2.26. The van der Waals surface area contributed by atoms with Gasteiger partial charge in [-0.2, -0.15) is 0 Å². The molecule has 15 heavy (non-hydrogen) atoms. The summed E-state index contributed by atoms with van der Waals surface area (Å²) in [7, 11) is 1.45. The Labute approximate surface area is 85.9 Å². The van der Waals surface area contributed by atoms with Gasteiger partial charge < -0.3 is 9.84 Å². The fourth-order valence-corrected chi connectivity index (χ4v) is 1.69. The summed E-state index contributed by atoms with van der Waals surface area (Å²) in [6.45, 7) is 0.333. The molecule has 0 radical (unpaired) electrons. The largest absolute Gasteiger partial charge is 0.497 e. The van der Waals surface area contributed by atoms with Gasteiger partial charge in [0.15, 0.2) is 0 Å². The number of methoxy groups -OCH3 is 1. The number of carbonyl (C=O) groups is 1. The summed E-state index contributed by atoms with van der Waals surface area (Å²) < 4.78 is 18.4. The Morgan fingerprint density at radius 2 is 2.27 bits per heavy atom. The summed E-state index contributed by atoms with van der Waals surface area (Å²) in [5, 5.41) is 8.78. The topological polar surface area (TPSA) is 49.8 Å². The van der Waals surface area contributed by atoms with Crippen molar-refractivity contribution in [2.24, 2.45) is 0 Å². The normalized spacial score (nSPS) is 13.9. The molecule has 0 fully saturated rings. The van der Waals surface area contributed by atoms with Crippen LogP contribution in [0.3, 0.4) is 0 Å². The van der Waals surface area contributed by atoms with Crippen LogP contribution in [0.15, 0.2) is 12.1 Å². The van der Waals surface area contributed by atoms with Crippen LogP contribution in [-0.4, -0.2) is 23.2 Å². The average molecular weight is 211 g/mol. The van der Waals surface area contributed by atoms with E-state index in [0.717, 1.165) is 4.90 Å². The average Bonchev–Trinajstić information content (AvgIpc) is 2.61. The molecule has 1 N–H and O–H groups in total. The van der Waals surface area contributed by atoms with Gasteiger partial charge in [0, 0.05) is 18.2 Å². The number of carboxylic acid groups (broad SMARTS) is 1. The maximum atomic E-state index is 13.5. The molecule has 0 bridgehead atoms. The Balaban J connectivity index is 2.37. The SMILES string of the molecule is COc1cc(F)c2c(c1)CN(C(=O)O)C2. The lowest BCUT2D eigenvalue weighted by molar-refractivity contribution is 0.145. The van der Waals surface area contributed by atoms with E-state index in [-0.39, 0.29) is 13.1 Å². The van der Waals surface area contributed by atoms with Gasteiger partial charge in [-0.1, -0.05) is 0 Å². The smallest absolute Gasteiger partial charge is 0.407 e. The fourth-order valence-electron chi connectivity index (χ4n) is 1.69. The molecule has 1 aromatic rings. The molecule has 0 saturated carbocycles. The fraction of sp³-hybridized carbons (Fsp3) is 0.300. The Morgan fingerprint density at radius 3 is 2.87 bits per heavy atom. The molecule has 1 amide bonds. The minimum Gasteiger partial charge on any atom is -0.497 e. The highest BCUT2D eigenvalue weighted by molar-refractivity contribution is 5.66. The standard InChI is InChI=1S/C10H10FNO3/c1-15-7-2-6-4-12(10(13)14)5-8(6)9(11)3-7/h2-3H,4-5H2,1H3,(H,13,14). The third-order valence-electron chi connectivity index (χ3n) is 2.48. The van der Waals surface area contributed by atoms with E-state index in [1.165, 1.54) is 13.2 Å². The molecular formula is C10H10FNO3. The second kappa shape index (κ2) is 3.42. The zero-order chi connectivity index (χ0) is 11.0. The summed E-state index contributed by atoms with van der Waals surface area (Å²) in [6, 6.07) is 2.94. The first-order valence-corrected chi connectivity index (χ1v) is 4.45. The molecule has 1 aromatic carbocycles. The number of amides is 1. The van der Waals surface area contributed by atoms with E-state index in [2.05, 4.69) is 0 Å². The third kappa shape index (κ3) is 1.60. The van der Waals surface area contributed by atoms with Crippen molar-refractivity contribution in [2.45, 2.75) is 13.1 Å². The minimum absolute atomic E-state index is 0.112. The van der Waals surface area contributed by atoms with Crippen molar-refractivity contribution < 1.29 is 19.0 Å². The number of hydrogen-bond donors (Lipinski definition) is 1. The van der Waals surface area contributed by atoms with Crippen LogP contribution in [0, 0.1) is 5.82 Å². The van der Waals surface area contributed by atoms with Crippen LogP contribution in [-0.2, 0) is 13.1 Å². The lowest BCUT2D eigenvalue weighted by Gasteiger charge is -2.08. The minimum atomic E-state index is -1.04. The predicted molar refractivity (Wildman–Crippen MR) is 50.2 cm³/mol. The first-order valence-electron chi connectivity index (χ1n) is 4.45. The van der Waals surface area contributed by atoms with Crippen molar-refractivity contribution >= 4 is 6.09 Å². The molecule has 1 aliphatic heterocycles. The van der Waals surface area contributed by atoms with Crippen LogP contribution in [0.25, 0.3) is 0 Å². The zero-order valence-electron chi connectivity index (χ0n) is 8.16. The lowest BCUT2D eigenvalue weighted by Crippen LogP contribution is -2.22. The number of rotatable bonds is 1. The van der Waals surface area contributed by atoms with Gasteiger partial charge in [0.1, 0.15) is 11.6 Å². The van der Waals surface area contributed by atoms with Gasteiger partial charge in [0.05, 0.1) is 13.7 Å². The summed E-state index contributed by atoms with van der Waals surface area (Å²) in [4.78, 5) is 11.9. The Hall–Kier alpha value is -1.78. The highest BCUT2D eigenvalue weighted by Crippen LogP contribution is 2.29. The number of nitrogens with zero attached hydrogens (tertiary/aromatic N) is 1. The molecule has 0 saturated heterocycles. The Bertz CT molecular complexity index is 419. The molecule has 1 heterocycles. The van der Waals surface area contributed by atoms with Crippen LogP contribution < -0.4 is 4.74 Å². The number of fused-ring (bicyclic) bond motifs is 1. The number of hydrogen-bond acceptors (Lipinski definition) is 2. The van der Waals surface area contributed by atoms with E-state index in [0.29, 0.717) is 16.9 Å². The number of halogens is 1. The van der Waals surface area contributed by atoms with E-state index in [9.17, 15) is 9.18 Å². The van der Waals surface area contributed by atoms with Gasteiger partial charge in [-0.3, -0.25) is 4.90 Å².